The Labute approximate surface area is 101 Å². The van der Waals surface area contributed by atoms with Crippen molar-refractivity contribution >= 4 is 0 Å². The highest BCUT2D eigenvalue weighted by atomic mass is 19.4. The standard InChI is InChI=1S/C11H11F5NO/c12-10(13,14)11(15,16)18-9-5-3-8(4-6-9)2-1-7-17/h3-6,17H,1-2,7H2. The number of hydrogen-bond acceptors (Lipinski definition) is 1. The molecule has 0 aromatic heterocycles. The van der Waals surface area contributed by atoms with E-state index in [1.807, 2.05) is 0 Å². The Bertz CT molecular complexity index is 374. The molecule has 0 aliphatic carbocycles. The molecule has 0 atom stereocenters. The summed E-state index contributed by atoms with van der Waals surface area (Å²) in [5.41, 5.74) is 7.69. The van der Waals surface area contributed by atoms with Crippen LogP contribution >= 0.6 is 0 Å². The van der Waals surface area contributed by atoms with Crippen LogP contribution < -0.4 is 10.5 Å². The monoisotopic (exact) mass is 268 g/mol. The number of hydrogen-bond donors (Lipinski definition) is 0. The molecule has 18 heavy (non-hydrogen) atoms. The first-order valence-electron chi connectivity index (χ1n) is 5.13. The van der Waals surface area contributed by atoms with Gasteiger partial charge in [-0.2, -0.15) is 22.0 Å². The zero-order valence-electron chi connectivity index (χ0n) is 9.23. The molecule has 0 amide bonds. The lowest BCUT2D eigenvalue weighted by Gasteiger charge is -2.20. The largest absolute Gasteiger partial charge is 0.499 e. The minimum absolute atomic E-state index is 0.227. The number of rotatable bonds is 5. The lowest BCUT2D eigenvalue weighted by atomic mass is 10.1. The number of alkyl halides is 5. The Morgan fingerprint density at radius 1 is 1.00 bits per heavy atom. The van der Waals surface area contributed by atoms with Crippen LogP contribution in [0.25, 0.3) is 0 Å². The molecule has 2 nitrogen and oxygen atoms in total. The number of benzene rings is 1. The van der Waals surface area contributed by atoms with Crippen LogP contribution in [0, 0.1) is 0 Å². The Hall–Kier alpha value is -1.37. The van der Waals surface area contributed by atoms with Gasteiger partial charge in [-0.1, -0.05) is 12.1 Å². The van der Waals surface area contributed by atoms with E-state index in [1.165, 1.54) is 12.1 Å². The van der Waals surface area contributed by atoms with E-state index in [-0.39, 0.29) is 6.54 Å². The summed E-state index contributed by atoms with van der Waals surface area (Å²) < 4.78 is 64.3. The van der Waals surface area contributed by atoms with Crippen LogP contribution in [-0.4, -0.2) is 18.8 Å². The molecular formula is C11H11F5NO. The van der Waals surface area contributed by atoms with Crippen LogP contribution in [0.1, 0.15) is 12.0 Å². The minimum Gasteiger partial charge on any atom is -0.426 e. The second-order valence-corrected chi connectivity index (χ2v) is 3.61. The second kappa shape index (κ2) is 5.51. The fraction of sp³-hybridized carbons (Fsp3) is 0.455. The van der Waals surface area contributed by atoms with Crippen molar-refractivity contribution in [3.05, 3.63) is 29.8 Å². The summed E-state index contributed by atoms with van der Waals surface area (Å²) in [4.78, 5) is 0. The normalized spacial score (nSPS) is 12.6. The molecule has 0 heterocycles. The van der Waals surface area contributed by atoms with Gasteiger partial charge in [0.05, 0.1) is 0 Å². The van der Waals surface area contributed by atoms with Gasteiger partial charge in [0, 0.05) is 6.54 Å². The lowest BCUT2D eigenvalue weighted by molar-refractivity contribution is -0.360. The van der Waals surface area contributed by atoms with Crippen molar-refractivity contribution in [3.8, 4) is 5.75 Å². The first-order valence-corrected chi connectivity index (χ1v) is 5.13. The molecule has 1 rings (SSSR count). The summed E-state index contributed by atoms with van der Waals surface area (Å²) in [5.74, 6) is -0.549. The summed E-state index contributed by atoms with van der Waals surface area (Å²) in [6.07, 6.45) is -9.77. The molecule has 1 N–H and O–H groups in total. The van der Waals surface area contributed by atoms with Gasteiger partial charge in [0.25, 0.3) is 0 Å². The number of aryl methyl sites for hydroxylation is 1. The van der Waals surface area contributed by atoms with Crippen LogP contribution in [0.2, 0.25) is 0 Å². The van der Waals surface area contributed by atoms with Crippen molar-refractivity contribution in [2.75, 3.05) is 6.54 Å². The average Bonchev–Trinajstić information content (AvgIpc) is 2.26. The molecule has 0 fully saturated rings. The van der Waals surface area contributed by atoms with E-state index in [9.17, 15) is 22.0 Å². The third-order valence-corrected chi connectivity index (χ3v) is 2.14. The summed E-state index contributed by atoms with van der Waals surface area (Å²) >= 11 is 0. The topological polar surface area (TPSA) is 33.0 Å². The highest BCUT2D eigenvalue weighted by Crippen LogP contribution is 2.37. The van der Waals surface area contributed by atoms with Gasteiger partial charge in [0.2, 0.25) is 0 Å². The summed E-state index contributed by atoms with van der Waals surface area (Å²) in [5, 5.41) is 0. The van der Waals surface area contributed by atoms with E-state index < -0.39 is 18.0 Å². The molecule has 1 radical (unpaired) electrons. The average molecular weight is 268 g/mol. The third kappa shape index (κ3) is 3.83. The Morgan fingerprint density at radius 3 is 2.00 bits per heavy atom. The highest BCUT2D eigenvalue weighted by Gasteiger charge is 2.61. The van der Waals surface area contributed by atoms with Gasteiger partial charge in [-0.3, -0.25) is 5.73 Å². The van der Waals surface area contributed by atoms with Crippen molar-refractivity contribution < 1.29 is 26.7 Å². The van der Waals surface area contributed by atoms with Gasteiger partial charge in [-0.05, 0) is 30.5 Å². The molecular weight excluding hydrogens is 257 g/mol. The van der Waals surface area contributed by atoms with Gasteiger partial charge in [0.1, 0.15) is 5.75 Å². The van der Waals surface area contributed by atoms with Crippen LogP contribution in [0.5, 0.6) is 5.75 Å². The summed E-state index contributed by atoms with van der Waals surface area (Å²) in [7, 11) is 0. The van der Waals surface area contributed by atoms with Crippen LogP contribution in [0.3, 0.4) is 0 Å². The summed E-state index contributed by atoms with van der Waals surface area (Å²) in [6.45, 7) is 0.227. The molecule has 0 saturated carbocycles. The van der Waals surface area contributed by atoms with Crippen LogP contribution in [-0.2, 0) is 6.42 Å². The predicted octanol–water partition coefficient (Wildman–Crippen LogP) is 3.44. The maximum absolute atomic E-state index is 12.5. The molecule has 7 heteroatoms. The molecule has 0 saturated heterocycles. The first kappa shape index (κ1) is 14.7. The predicted molar refractivity (Wildman–Crippen MR) is 54.4 cm³/mol. The van der Waals surface area contributed by atoms with Crippen LogP contribution in [0.4, 0.5) is 22.0 Å². The maximum Gasteiger partial charge on any atom is 0.499 e. The van der Waals surface area contributed by atoms with Gasteiger partial charge < -0.3 is 4.74 Å². The molecule has 101 valence electrons. The van der Waals surface area contributed by atoms with E-state index in [0.29, 0.717) is 12.8 Å². The molecule has 0 aliphatic heterocycles. The van der Waals surface area contributed by atoms with E-state index in [1.54, 1.807) is 0 Å². The van der Waals surface area contributed by atoms with E-state index in [0.717, 1.165) is 17.7 Å². The van der Waals surface area contributed by atoms with Crippen molar-refractivity contribution in [1.29, 1.82) is 0 Å². The number of halogens is 5. The zero-order valence-corrected chi connectivity index (χ0v) is 9.23. The van der Waals surface area contributed by atoms with Crippen LogP contribution in [0.15, 0.2) is 24.3 Å². The Balaban J connectivity index is 2.69. The number of ether oxygens (including phenoxy) is 1. The molecule has 1 aromatic carbocycles. The van der Waals surface area contributed by atoms with Crippen molar-refractivity contribution in [2.24, 2.45) is 0 Å². The van der Waals surface area contributed by atoms with E-state index >= 15 is 0 Å². The van der Waals surface area contributed by atoms with Gasteiger partial charge in [-0.25, -0.2) is 0 Å². The minimum atomic E-state index is -5.74. The number of nitrogens with one attached hydrogen (secondary N) is 1. The highest BCUT2D eigenvalue weighted by molar-refractivity contribution is 5.27. The molecule has 0 aliphatic rings. The first-order chi connectivity index (χ1) is 8.26. The fourth-order valence-corrected chi connectivity index (χ4v) is 1.22. The SMILES string of the molecule is [NH]CCCc1ccc(OC(F)(F)C(F)(F)F)cc1. The Kier molecular flexibility index (Phi) is 4.50. The zero-order chi connectivity index (χ0) is 13.8. The van der Waals surface area contributed by atoms with E-state index in [2.05, 4.69) is 4.74 Å². The summed E-state index contributed by atoms with van der Waals surface area (Å²) in [6, 6.07) is 4.91. The molecule has 0 spiro atoms. The molecule has 0 unspecified atom stereocenters. The van der Waals surface area contributed by atoms with Crippen molar-refractivity contribution in [1.82, 2.24) is 5.73 Å². The van der Waals surface area contributed by atoms with Gasteiger partial charge >= 0.3 is 12.3 Å². The molecule has 1 aromatic rings. The quantitative estimate of drug-likeness (QED) is 0.753. The van der Waals surface area contributed by atoms with Gasteiger partial charge in [-0.15, -0.1) is 0 Å². The van der Waals surface area contributed by atoms with Gasteiger partial charge in [0.15, 0.2) is 0 Å². The Morgan fingerprint density at radius 2 is 1.56 bits per heavy atom. The third-order valence-electron chi connectivity index (χ3n) is 2.14. The maximum atomic E-state index is 12.5. The molecule has 0 bridgehead atoms. The lowest BCUT2D eigenvalue weighted by Crippen LogP contribution is -2.41. The second-order valence-electron chi connectivity index (χ2n) is 3.61. The fourth-order valence-electron chi connectivity index (χ4n) is 1.22. The smallest absolute Gasteiger partial charge is 0.426 e. The van der Waals surface area contributed by atoms with Crippen molar-refractivity contribution in [2.45, 2.75) is 25.1 Å². The van der Waals surface area contributed by atoms with E-state index in [4.69, 9.17) is 5.73 Å². The van der Waals surface area contributed by atoms with Crippen molar-refractivity contribution in [3.63, 3.8) is 0 Å².